The number of rotatable bonds is 5. The van der Waals surface area contributed by atoms with E-state index in [1.165, 1.54) is 7.11 Å². The molecular weight excluding hydrogens is 316 g/mol. The quantitative estimate of drug-likeness (QED) is 0.841. The Labute approximate surface area is 120 Å². The largest absolute Gasteiger partial charge is 0.496 e. The molecule has 1 aromatic carbocycles. The number of carbonyl (C=O) groups excluding carboxylic acids is 1. The summed E-state index contributed by atoms with van der Waals surface area (Å²) in [4.78, 5) is 14.2. The Bertz CT molecular complexity index is 465. The first-order valence-corrected chi connectivity index (χ1v) is 6.53. The van der Waals surface area contributed by atoms with Crippen LogP contribution < -0.4 is 10.5 Å². The van der Waals surface area contributed by atoms with Gasteiger partial charge < -0.3 is 15.4 Å². The van der Waals surface area contributed by atoms with Crippen LogP contribution in [0.2, 0.25) is 0 Å². The fraction of sp³-hybridized carbons (Fsp3) is 0.333. The predicted octanol–water partition coefficient (Wildman–Crippen LogP) is 2.21. The van der Waals surface area contributed by atoms with Gasteiger partial charge in [0.1, 0.15) is 5.75 Å². The zero-order valence-electron chi connectivity index (χ0n) is 10.3. The Morgan fingerprint density at radius 1 is 1.56 bits per heavy atom. The molecule has 0 heterocycles. The summed E-state index contributed by atoms with van der Waals surface area (Å²) in [7, 11) is 3.25. The highest BCUT2D eigenvalue weighted by Gasteiger charge is 2.16. The van der Waals surface area contributed by atoms with E-state index < -0.39 is 0 Å². The topological polar surface area (TPSA) is 55.6 Å². The molecule has 0 radical (unpaired) electrons. The standard InChI is InChI=1S/C12H15BrN2O2S/c1-15(6-5-11(14)18)12(16)9-4-3-8(13)7-10(9)17-2/h3-4,7H,5-6H2,1-2H3,(H2,14,18). The van der Waals surface area contributed by atoms with Gasteiger partial charge in [-0.15, -0.1) is 0 Å². The Balaban J connectivity index is 2.86. The smallest absolute Gasteiger partial charge is 0.257 e. The van der Waals surface area contributed by atoms with Crippen LogP contribution in [0, 0.1) is 0 Å². The Hall–Kier alpha value is -1.14. The maximum absolute atomic E-state index is 12.2. The first kappa shape index (κ1) is 14.9. The van der Waals surface area contributed by atoms with E-state index in [4.69, 9.17) is 22.7 Å². The molecule has 0 aliphatic carbocycles. The third-order valence-electron chi connectivity index (χ3n) is 2.43. The summed E-state index contributed by atoms with van der Waals surface area (Å²) >= 11 is 8.13. The van der Waals surface area contributed by atoms with Gasteiger partial charge in [-0.2, -0.15) is 0 Å². The number of hydrogen-bond donors (Lipinski definition) is 1. The first-order valence-electron chi connectivity index (χ1n) is 5.33. The summed E-state index contributed by atoms with van der Waals surface area (Å²) in [6.45, 7) is 0.493. The number of hydrogen-bond acceptors (Lipinski definition) is 3. The normalized spacial score (nSPS) is 9.94. The number of amides is 1. The lowest BCUT2D eigenvalue weighted by Crippen LogP contribution is -2.30. The van der Waals surface area contributed by atoms with Crippen LogP contribution in [0.15, 0.2) is 22.7 Å². The summed E-state index contributed by atoms with van der Waals surface area (Å²) in [5, 5.41) is 0. The van der Waals surface area contributed by atoms with E-state index in [9.17, 15) is 4.79 Å². The minimum absolute atomic E-state index is 0.115. The average molecular weight is 331 g/mol. The van der Waals surface area contributed by atoms with Crippen molar-refractivity contribution in [2.75, 3.05) is 20.7 Å². The second-order valence-electron chi connectivity index (χ2n) is 3.79. The van der Waals surface area contributed by atoms with E-state index in [-0.39, 0.29) is 5.91 Å². The predicted molar refractivity (Wildman–Crippen MR) is 79.1 cm³/mol. The molecule has 0 saturated carbocycles. The molecule has 1 aromatic rings. The van der Waals surface area contributed by atoms with Gasteiger partial charge >= 0.3 is 0 Å². The third-order valence-corrected chi connectivity index (χ3v) is 3.13. The maximum atomic E-state index is 12.2. The van der Waals surface area contributed by atoms with Crippen molar-refractivity contribution >= 4 is 39.0 Å². The molecule has 0 aliphatic heterocycles. The first-order chi connectivity index (χ1) is 8.45. The fourth-order valence-electron chi connectivity index (χ4n) is 1.43. The lowest BCUT2D eigenvalue weighted by molar-refractivity contribution is 0.0795. The molecule has 0 atom stereocenters. The molecule has 0 saturated heterocycles. The van der Waals surface area contributed by atoms with E-state index in [2.05, 4.69) is 15.9 Å². The van der Waals surface area contributed by atoms with E-state index in [1.54, 1.807) is 30.1 Å². The summed E-state index contributed by atoms with van der Waals surface area (Å²) in [6, 6.07) is 5.29. The highest BCUT2D eigenvalue weighted by molar-refractivity contribution is 9.10. The van der Waals surface area contributed by atoms with Gasteiger partial charge in [0.2, 0.25) is 0 Å². The average Bonchev–Trinajstić information content (AvgIpc) is 2.34. The molecule has 98 valence electrons. The Kier molecular flexibility index (Phi) is 5.55. The molecule has 1 amide bonds. The number of ether oxygens (including phenoxy) is 1. The zero-order valence-corrected chi connectivity index (χ0v) is 12.7. The van der Waals surface area contributed by atoms with Gasteiger partial charge in [-0.1, -0.05) is 28.1 Å². The van der Waals surface area contributed by atoms with Crippen LogP contribution in [0.1, 0.15) is 16.8 Å². The SMILES string of the molecule is COc1cc(Br)ccc1C(=O)N(C)CCC(N)=S. The van der Waals surface area contributed by atoms with E-state index >= 15 is 0 Å². The van der Waals surface area contributed by atoms with Gasteiger partial charge in [-0.3, -0.25) is 4.79 Å². The van der Waals surface area contributed by atoms with E-state index in [1.807, 2.05) is 0 Å². The van der Waals surface area contributed by atoms with Gasteiger partial charge in [0.25, 0.3) is 5.91 Å². The molecule has 4 nitrogen and oxygen atoms in total. The second kappa shape index (κ2) is 6.70. The van der Waals surface area contributed by atoms with Crippen LogP contribution in [0.4, 0.5) is 0 Å². The minimum Gasteiger partial charge on any atom is -0.496 e. The molecule has 18 heavy (non-hydrogen) atoms. The van der Waals surface area contributed by atoms with Crippen molar-refractivity contribution in [1.29, 1.82) is 0 Å². The number of nitrogens with zero attached hydrogens (tertiary/aromatic N) is 1. The number of benzene rings is 1. The summed E-state index contributed by atoms with van der Waals surface area (Å²) < 4.78 is 6.06. The van der Waals surface area contributed by atoms with Gasteiger partial charge in [0.15, 0.2) is 0 Å². The monoisotopic (exact) mass is 330 g/mol. The molecule has 0 aliphatic rings. The minimum atomic E-state index is -0.115. The maximum Gasteiger partial charge on any atom is 0.257 e. The van der Waals surface area contributed by atoms with Gasteiger partial charge in [-0.05, 0) is 18.2 Å². The molecule has 2 N–H and O–H groups in total. The molecule has 0 aromatic heterocycles. The van der Waals surface area contributed by atoms with Crippen molar-refractivity contribution in [3.05, 3.63) is 28.2 Å². The van der Waals surface area contributed by atoms with Gasteiger partial charge in [0.05, 0.1) is 17.7 Å². The summed E-state index contributed by atoms with van der Waals surface area (Å²) in [5.74, 6) is 0.423. The third kappa shape index (κ3) is 3.96. The molecule has 6 heteroatoms. The van der Waals surface area contributed by atoms with Crippen molar-refractivity contribution in [1.82, 2.24) is 4.90 Å². The highest BCUT2D eigenvalue weighted by Crippen LogP contribution is 2.24. The van der Waals surface area contributed by atoms with Crippen molar-refractivity contribution in [3.8, 4) is 5.75 Å². The lowest BCUT2D eigenvalue weighted by atomic mass is 10.1. The van der Waals surface area contributed by atoms with Crippen LogP contribution in [0.3, 0.4) is 0 Å². The Morgan fingerprint density at radius 2 is 2.22 bits per heavy atom. The van der Waals surface area contributed by atoms with Crippen LogP contribution in [0.5, 0.6) is 5.75 Å². The van der Waals surface area contributed by atoms with E-state index in [0.717, 1.165) is 4.47 Å². The molecular formula is C12H15BrN2O2S. The number of nitrogens with two attached hydrogens (primary N) is 1. The summed E-state index contributed by atoms with van der Waals surface area (Å²) in [6.07, 6.45) is 0.510. The number of halogens is 1. The molecule has 0 spiro atoms. The molecule has 1 rings (SSSR count). The lowest BCUT2D eigenvalue weighted by Gasteiger charge is -2.18. The highest BCUT2D eigenvalue weighted by atomic mass is 79.9. The van der Waals surface area contributed by atoms with Gasteiger partial charge in [-0.25, -0.2) is 0 Å². The second-order valence-corrected chi connectivity index (χ2v) is 5.23. The molecule has 0 fully saturated rings. The molecule has 0 bridgehead atoms. The van der Waals surface area contributed by atoms with Crippen molar-refractivity contribution in [2.45, 2.75) is 6.42 Å². The summed E-state index contributed by atoms with van der Waals surface area (Å²) in [5.41, 5.74) is 5.94. The zero-order chi connectivity index (χ0) is 13.7. The van der Waals surface area contributed by atoms with Crippen molar-refractivity contribution < 1.29 is 9.53 Å². The van der Waals surface area contributed by atoms with Crippen LogP contribution in [0.25, 0.3) is 0 Å². The Morgan fingerprint density at radius 3 is 2.78 bits per heavy atom. The number of methoxy groups -OCH3 is 1. The fourth-order valence-corrected chi connectivity index (χ4v) is 1.86. The van der Waals surface area contributed by atoms with Crippen LogP contribution in [-0.2, 0) is 0 Å². The van der Waals surface area contributed by atoms with Crippen molar-refractivity contribution in [2.24, 2.45) is 5.73 Å². The van der Waals surface area contributed by atoms with Gasteiger partial charge in [0, 0.05) is 24.5 Å². The van der Waals surface area contributed by atoms with Crippen molar-refractivity contribution in [3.63, 3.8) is 0 Å². The van der Waals surface area contributed by atoms with Crippen LogP contribution in [-0.4, -0.2) is 36.5 Å². The number of thiocarbonyl (C=S) groups is 1. The molecule has 0 unspecified atom stereocenters. The van der Waals surface area contributed by atoms with Crippen LogP contribution >= 0.6 is 28.1 Å². The van der Waals surface area contributed by atoms with E-state index in [0.29, 0.717) is 29.3 Å². The number of carbonyl (C=O) groups is 1.